The fourth-order valence-corrected chi connectivity index (χ4v) is 1.46. The standard InChI is InChI=1S/C9H7IN2O/c10-9-11-8(12-13-9)6-7-4-2-1-3-5-7/h1-5H,6H2. The van der Waals surface area contributed by atoms with E-state index in [0.717, 1.165) is 12.2 Å². The predicted molar refractivity (Wildman–Crippen MR) is 56.3 cm³/mol. The highest BCUT2D eigenvalue weighted by Crippen LogP contribution is 2.07. The second-order valence-corrected chi connectivity index (χ2v) is 3.55. The van der Waals surface area contributed by atoms with Gasteiger partial charge in [-0.2, -0.15) is 4.98 Å². The summed E-state index contributed by atoms with van der Waals surface area (Å²) in [5, 5.41) is 3.82. The Kier molecular flexibility index (Phi) is 2.58. The summed E-state index contributed by atoms with van der Waals surface area (Å²) in [6.07, 6.45) is 0.730. The second-order valence-electron chi connectivity index (χ2n) is 2.63. The molecular weight excluding hydrogens is 279 g/mol. The van der Waals surface area contributed by atoms with Crippen molar-refractivity contribution in [3.05, 3.63) is 45.6 Å². The molecule has 0 unspecified atom stereocenters. The van der Waals surface area contributed by atoms with E-state index >= 15 is 0 Å². The number of halogens is 1. The quantitative estimate of drug-likeness (QED) is 0.795. The van der Waals surface area contributed by atoms with E-state index in [4.69, 9.17) is 4.52 Å². The number of aromatic nitrogens is 2. The maximum Gasteiger partial charge on any atom is 0.287 e. The molecule has 0 aliphatic heterocycles. The van der Waals surface area contributed by atoms with Gasteiger partial charge in [0.25, 0.3) is 3.90 Å². The van der Waals surface area contributed by atoms with Crippen molar-refractivity contribution < 1.29 is 4.52 Å². The molecule has 0 aliphatic carbocycles. The molecule has 1 aromatic heterocycles. The van der Waals surface area contributed by atoms with E-state index in [1.807, 2.05) is 52.9 Å². The molecule has 4 heteroatoms. The van der Waals surface area contributed by atoms with E-state index in [-0.39, 0.29) is 0 Å². The molecule has 0 atom stereocenters. The van der Waals surface area contributed by atoms with E-state index < -0.39 is 0 Å². The van der Waals surface area contributed by atoms with Crippen LogP contribution in [0.4, 0.5) is 0 Å². The third-order valence-corrected chi connectivity index (χ3v) is 2.09. The zero-order valence-electron chi connectivity index (χ0n) is 6.77. The normalized spacial score (nSPS) is 10.2. The molecular formula is C9H7IN2O. The number of hydrogen-bond acceptors (Lipinski definition) is 3. The molecule has 0 bridgehead atoms. The first-order valence-electron chi connectivity index (χ1n) is 3.86. The first-order valence-corrected chi connectivity index (χ1v) is 4.94. The number of rotatable bonds is 2. The molecule has 0 saturated carbocycles. The van der Waals surface area contributed by atoms with Crippen LogP contribution in [0.3, 0.4) is 0 Å². The van der Waals surface area contributed by atoms with Crippen molar-refractivity contribution in [2.45, 2.75) is 6.42 Å². The van der Waals surface area contributed by atoms with Crippen LogP contribution < -0.4 is 0 Å². The third kappa shape index (κ3) is 2.27. The minimum absolute atomic E-state index is 0.587. The topological polar surface area (TPSA) is 38.9 Å². The summed E-state index contributed by atoms with van der Waals surface area (Å²) in [6, 6.07) is 10.1. The van der Waals surface area contributed by atoms with E-state index in [2.05, 4.69) is 10.1 Å². The molecule has 1 aromatic carbocycles. The molecule has 2 rings (SSSR count). The summed E-state index contributed by atoms with van der Waals surface area (Å²) in [5.74, 6) is 0.732. The predicted octanol–water partition coefficient (Wildman–Crippen LogP) is 2.26. The van der Waals surface area contributed by atoms with Crippen molar-refractivity contribution in [2.75, 3.05) is 0 Å². The zero-order valence-corrected chi connectivity index (χ0v) is 8.93. The first-order chi connectivity index (χ1) is 6.34. The van der Waals surface area contributed by atoms with Gasteiger partial charge in [-0.15, -0.1) is 0 Å². The Morgan fingerprint density at radius 1 is 1.23 bits per heavy atom. The van der Waals surface area contributed by atoms with Gasteiger partial charge in [-0.3, -0.25) is 0 Å². The number of hydrogen-bond donors (Lipinski definition) is 0. The van der Waals surface area contributed by atoms with Crippen LogP contribution in [0.15, 0.2) is 34.9 Å². The van der Waals surface area contributed by atoms with Crippen LogP contribution in [0.1, 0.15) is 11.4 Å². The molecule has 0 aliphatic rings. The van der Waals surface area contributed by atoms with Crippen LogP contribution in [0, 0.1) is 3.90 Å². The SMILES string of the molecule is Ic1nc(Cc2ccccc2)no1. The first kappa shape index (κ1) is 8.68. The third-order valence-electron chi connectivity index (χ3n) is 1.65. The molecule has 0 N–H and O–H groups in total. The van der Waals surface area contributed by atoms with Gasteiger partial charge >= 0.3 is 0 Å². The Balaban J connectivity index is 2.15. The van der Waals surface area contributed by atoms with Gasteiger partial charge in [0, 0.05) is 29.0 Å². The number of nitrogens with zero attached hydrogens (tertiary/aromatic N) is 2. The Morgan fingerprint density at radius 2 is 2.00 bits per heavy atom. The van der Waals surface area contributed by atoms with Crippen molar-refractivity contribution in [1.82, 2.24) is 10.1 Å². The minimum Gasteiger partial charge on any atom is -0.328 e. The summed E-state index contributed by atoms with van der Waals surface area (Å²) < 4.78 is 5.45. The van der Waals surface area contributed by atoms with E-state index in [0.29, 0.717) is 3.90 Å². The van der Waals surface area contributed by atoms with Gasteiger partial charge in [0.15, 0.2) is 5.82 Å². The smallest absolute Gasteiger partial charge is 0.287 e. The Labute approximate surface area is 89.3 Å². The van der Waals surface area contributed by atoms with Crippen LogP contribution in [-0.4, -0.2) is 10.1 Å². The highest BCUT2D eigenvalue weighted by atomic mass is 127. The van der Waals surface area contributed by atoms with Gasteiger partial charge in [0.2, 0.25) is 0 Å². The van der Waals surface area contributed by atoms with E-state index in [1.165, 1.54) is 5.56 Å². The molecule has 0 amide bonds. The highest BCUT2D eigenvalue weighted by Gasteiger charge is 2.02. The van der Waals surface area contributed by atoms with Crippen LogP contribution in [0.5, 0.6) is 0 Å². The monoisotopic (exact) mass is 286 g/mol. The van der Waals surface area contributed by atoms with Crippen LogP contribution in [-0.2, 0) is 6.42 Å². The summed E-state index contributed by atoms with van der Waals surface area (Å²) in [7, 11) is 0. The van der Waals surface area contributed by atoms with Crippen LogP contribution in [0.2, 0.25) is 0 Å². The van der Waals surface area contributed by atoms with Gasteiger partial charge in [0.1, 0.15) is 0 Å². The lowest BCUT2D eigenvalue weighted by Crippen LogP contribution is -1.89. The zero-order chi connectivity index (χ0) is 9.10. The average molecular weight is 286 g/mol. The Hall–Kier alpha value is -0.910. The molecule has 1 heterocycles. The average Bonchev–Trinajstić information content (AvgIpc) is 2.53. The van der Waals surface area contributed by atoms with Crippen molar-refractivity contribution in [3.8, 4) is 0 Å². The lowest BCUT2D eigenvalue weighted by Gasteiger charge is -1.93. The van der Waals surface area contributed by atoms with Crippen molar-refractivity contribution >= 4 is 22.6 Å². The van der Waals surface area contributed by atoms with Crippen LogP contribution >= 0.6 is 22.6 Å². The largest absolute Gasteiger partial charge is 0.328 e. The maximum atomic E-state index is 4.86. The lowest BCUT2D eigenvalue weighted by atomic mass is 10.1. The molecule has 3 nitrogen and oxygen atoms in total. The summed E-state index contributed by atoms with van der Waals surface area (Å²) in [4.78, 5) is 4.11. The Bertz CT molecular complexity index is 386. The summed E-state index contributed by atoms with van der Waals surface area (Å²) >= 11 is 2.00. The molecule has 0 spiro atoms. The van der Waals surface area contributed by atoms with Crippen molar-refractivity contribution in [1.29, 1.82) is 0 Å². The fraction of sp³-hybridized carbons (Fsp3) is 0.111. The molecule has 13 heavy (non-hydrogen) atoms. The van der Waals surface area contributed by atoms with Gasteiger partial charge in [-0.25, -0.2) is 0 Å². The molecule has 0 radical (unpaired) electrons. The molecule has 0 saturated heterocycles. The number of benzene rings is 1. The van der Waals surface area contributed by atoms with Gasteiger partial charge in [0.05, 0.1) is 0 Å². The van der Waals surface area contributed by atoms with Crippen LogP contribution in [0.25, 0.3) is 0 Å². The fourth-order valence-electron chi connectivity index (χ4n) is 1.08. The summed E-state index contributed by atoms with van der Waals surface area (Å²) in [6.45, 7) is 0. The van der Waals surface area contributed by atoms with Gasteiger partial charge < -0.3 is 4.52 Å². The van der Waals surface area contributed by atoms with Gasteiger partial charge in [-0.1, -0.05) is 35.5 Å². The lowest BCUT2D eigenvalue weighted by molar-refractivity contribution is 0.388. The second kappa shape index (κ2) is 3.87. The Morgan fingerprint density at radius 3 is 2.62 bits per heavy atom. The van der Waals surface area contributed by atoms with E-state index in [1.54, 1.807) is 0 Å². The molecule has 2 aromatic rings. The maximum absolute atomic E-state index is 4.86. The van der Waals surface area contributed by atoms with Crippen molar-refractivity contribution in [2.24, 2.45) is 0 Å². The van der Waals surface area contributed by atoms with E-state index in [9.17, 15) is 0 Å². The minimum atomic E-state index is 0.587. The molecule has 66 valence electrons. The molecule has 0 fully saturated rings. The summed E-state index contributed by atoms with van der Waals surface area (Å²) in [5.41, 5.74) is 1.19. The van der Waals surface area contributed by atoms with Gasteiger partial charge in [-0.05, 0) is 5.56 Å². The highest BCUT2D eigenvalue weighted by molar-refractivity contribution is 14.1. The van der Waals surface area contributed by atoms with Crippen molar-refractivity contribution in [3.63, 3.8) is 0 Å².